The molecule has 0 amide bonds. The van der Waals surface area contributed by atoms with Crippen LogP contribution in [0.4, 0.5) is 0 Å². The van der Waals surface area contributed by atoms with Crippen LogP contribution in [-0.2, 0) is 9.84 Å². The molecule has 0 bridgehead atoms. The van der Waals surface area contributed by atoms with Gasteiger partial charge >= 0.3 is 0 Å². The molecule has 0 aromatic rings. The lowest BCUT2D eigenvalue weighted by molar-refractivity contribution is 0.477. The van der Waals surface area contributed by atoms with Crippen molar-refractivity contribution in [2.75, 3.05) is 0 Å². The van der Waals surface area contributed by atoms with Crippen LogP contribution >= 0.6 is 0 Å². The highest BCUT2D eigenvalue weighted by atomic mass is 32.2. The fourth-order valence-electron chi connectivity index (χ4n) is 2.88. The number of hydrogen-bond acceptors (Lipinski definition) is 2. The molecule has 2 rings (SSSR count). The van der Waals surface area contributed by atoms with E-state index in [9.17, 15) is 8.42 Å². The summed E-state index contributed by atoms with van der Waals surface area (Å²) in [7, 11) is -2.76. The maximum absolute atomic E-state index is 12.2. The molecule has 2 aliphatic carbocycles. The minimum absolute atomic E-state index is 0.0133. The molecule has 0 aromatic heterocycles. The van der Waals surface area contributed by atoms with Crippen molar-refractivity contribution in [2.24, 2.45) is 0 Å². The first kappa shape index (κ1) is 10.5. The van der Waals surface area contributed by atoms with E-state index in [2.05, 4.69) is 0 Å². The molecular formula is C11H20O2S. The predicted molar refractivity (Wildman–Crippen MR) is 58.0 cm³/mol. The molecule has 0 N–H and O–H groups in total. The third-order valence-corrected chi connectivity index (χ3v) is 6.58. The minimum Gasteiger partial charge on any atom is -0.228 e. The van der Waals surface area contributed by atoms with Crippen molar-refractivity contribution in [3.8, 4) is 0 Å². The monoisotopic (exact) mass is 216 g/mol. The van der Waals surface area contributed by atoms with Crippen LogP contribution in [0, 0.1) is 0 Å². The van der Waals surface area contributed by atoms with E-state index >= 15 is 0 Å². The molecule has 2 nitrogen and oxygen atoms in total. The lowest BCUT2D eigenvalue weighted by Crippen LogP contribution is -2.31. The van der Waals surface area contributed by atoms with Crippen molar-refractivity contribution in [3.63, 3.8) is 0 Å². The van der Waals surface area contributed by atoms with Crippen LogP contribution < -0.4 is 0 Å². The second-order valence-corrected chi connectivity index (χ2v) is 7.27. The van der Waals surface area contributed by atoms with E-state index in [4.69, 9.17) is 0 Å². The smallest absolute Gasteiger partial charge is 0.156 e. The zero-order valence-corrected chi connectivity index (χ0v) is 9.56. The van der Waals surface area contributed by atoms with Gasteiger partial charge in [0.1, 0.15) is 0 Å². The van der Waals surface area contributed by atoms with E-state index in [-0.39, 0.29) is 10.5 Å². The molecule has 14 heavy (non-hydrogen) atoms. The van der Waals surface area contributed by atoms with Crippen molar-refractivity contribution in [1.29, 1.82) is 0 Å². The van der Waals surface area contributed by atoms with Crippen molar-refractivity contribution in [2.45, 2.75) is 68.3 Å². The summed E-state index contributed by atoms with van der Waals surface area (Å²) in [6.07, 6.45) is 9.44. The quantitative estimate of drug-likeness (QED) is 0.711. The Bertz CT molecular complexity index is 270. The van der Waals surface area contributed by atoms with Crippen LogP contribution in [0.2, 0.25) is 0 Å². The Morgan fingerprint density at radius 1 is 0.643 bits per heavy atom. The van der Waals surface area contributed by atoms with E-state index in [1.807, 2.05) is 0 Å². The topological polar surface area (TPSA) is 34.1 Å². The van der Waals surface area contributed by atoms with Gasteiger partial charge in [0, 0.05) is 0 Å². The zero-order chi connectivity index (χ0) is 10.0. The Balaban J connectivity index is 2.05. The third-order valence-electron chi connectivity index (χ3n) is 3.78. The van der Waals surface area contributed by atoms with Crippen molar-refractivity contribution >= 4 is 9.84 Å². The van der Waals surface area contributed by atoms with Crippen LogP contribution in [0.3, 0.4) is 0 Å². The fourth-order valence-corrected chi connectivity index (χ4v) is 5.41. The van der Waals surface area contributed by atoms with Crippen LogP contribution in [0.1, 0.15) is 57.8 Å². The average Bonchev–Trinajstić information content (AvgIpc) is 2.72. The zero-order valence-electron chi connectivity index (χ0n) is 8.74. The van der Waals surface area contributed by atoms with Crippen molar-refractivity contribution < 1.29 is 8.42 Å². The summed E-state index contributed by atoms with van der Waals surface area (Å²) in [5.41, 5.74) is 0. The molecule has 0 radical (unpaired) electrons. The van der Waals surface area contributed by atoms with Crippen molar-refractivity contribution in [1.82, 2.24) is 0 Å². The molecule has 82 valence electrons. The number of sulfone groups is 1. The summed E-state index contributed by atoms with van der Waals surface area (Å²) in [6.45, 7) is 0. The van der Waals surface area contributed by atoms with Gasteiger partial charge < -0.3 is 0 Å². The predicted octanol–water partition coefficient (Wildman–Crippen LogP) is 2.68. The van der Waals surface area contributed by atoms with Gasteiger partial charge in [0.15, 0.2) is 9.84 Å². The molecule has 2 saturated carbocycles. The standard InChI is InChI=1S/C11H20O2S/c12-14(13,11-8-4-5-9-11)10-6-2-1-3-7-10/h10-11H,1-9H2. The summed E-state index contributed by atoms with van der Waals surface area (Å²) in [4.78, 5) is 0. The van der Waals surface area contributed by atoms with Crippen LogP contribution in [0.25, 0.3) is 0 Å². The first-order chi connectivity index (χ1) is 6.71. The minimum atomic E-state index is -2.76. The van der Waals surface area contributed by atoms with E-state index in [1.165, 1.54) is 6.42 Å². The number of hydrogen-bond donors (Lipinski definition) is 0. The van der Waals surface area contributed by atoms with Crippen LogP contribution in [0.15, 0.2) is 0 Å². The molecule has 2 fully saturated rings. The molecular weight excluding hydrogens is 196 g/mol. The van der Waals surface area contributed by atoms with Gasteiger partial charge in [-0.3, -0.25) is 0 Å². The summed E-state index contributed by atoms with van der Waals surface area (Å²) in [6, 6.07) is 0. The molecule has 0 saturated heterocycles. The summed E-state index contributed by atoms with van der Waals surface area (Å²) >= 11 is 0. The molecule has 0 aromatic carbocycles. The second-order valence-electron chi connectivity index (χ2n) is 4.76. The highest BCUT2D eigenvalue weighted by Gasteiger charge is 2.35. The molecule has 0 heterocycles. The van der Waals surface area contributed by atoms with E-state index in [1.54, 1.807) is 0 Å². The lowest BCUT2D eigenvalue weighted by atomic mass is 10.0. The van der Waals surface area contributed by atoms with E-state index in [0.29, 0.717) is 0 Å². The molecule has 2 aliphatic rings. The Morgan fingerprint density at radius 2 is 1.00 bits per heavy atom. The third kappa shape index (κ3) is 1.97. The van der Waals surface area contributed by atoms with Gasteiger partial charge in [-0.1, -0.05) is 32.1 Å². The second kappa shape index (κ2) is 4.21. The Morgan fingerprint density at radius 3 is 1.43 bits per heavy atom. The Hall–Kier alpha value is -0.0500. The SMILES string of the molecule is O=S(=O)(C1CCCCC1)C1CCCC1. The van der Waals surface area contributed by atoms with E-state index < -0.39 is 9.84 Å². The highest BCUT2D eigenvalue weighted by Crippen LogP contribution is 2.32. The largest absolute Gasteiger partial charge is 0.228 e. The van der Waals surface area contributed by atoms with Gasteiger partial charge in [-0.2, -0.15) is 0 Å². The first-order valence-corrected chi connectivity index (χ1v) is 7.55. The first-order valence-electron chi connectivity index (χ1n) is 5.94. The van der Waals surface area contributed by atoms with Crippen molar-refractivity contribution in [3.05, 3.63) is 0 Å². The highest BCUT2D eigenvalue weighted by molar-refractivity contribution is 7.92. The van der Waals surface area contributed by atoms with E-state index in [0.717, 1.165) is 51.4 Å². The molecule has 0 spiro atoms. The van der Waals surface area contributed by atoms with Gasteiger partial charge in [0.25, 0.3) is 0 Å². The fraction of sp³-hybridized carbons (Fsp3) is 1.00. The van der Waals surface area contributed by atoms with Gasteiger partial charge in [0.05, 0.1) is 10.5 Å². The van der Waals surface area contributed by atoms with Crippen LogP contribution in [-0.4, -0.2) is 18.9 Å². The molecule has 0 atom stereocenters. The van der Waals surface area contributed by atoms with Gasteiger partial charge in [0.2, 0.25) is 0 Å². The lowest BCUT2D eigenvalue weighted by Gasteiger charge is -2.24. The maximum Gasteiger partial charge on any atom is 0.156 e. The summed E-state index contributed by atoms with van der Waals surface area (Å²) in [5, 5.41) is 0.0324. The molecule has 0 aliphatic heterocycles. The van der Waals surface area contributed by atoms with Crippen LogP contribution in [0.5, 0.6) is 0 Å². The average molecular weight is 216 g/mol. The Kier molecular flexibility index (Phi) is 3.15. The van der Waals surface area contributed by atoms with Gasteiger partial charge in [-0.05, 0) is 25.7 Å². The number of rotatable bonds is 2. The normalized spacial score (nSPS) is 26.9. The summed E-state index contributed by atoms with van der Waals surface area (Å²) in [5.74, 6) is 0. The maximum atomic E-state index is 12.2. The summed E-state index contributed by atoms with van der Waals surface area (Å²) < 4.78 is 24.4. The Labute approximate surface area is 87.0 Å². The van der Waals surface area contributed by atoms with Gasteiger partial charge in [-0.25, -0.2) is 8.42 Å². The molecule has 3 heteroatoms. The van der Waals surface area contributed by atoms with Gasteiger partial charge in [-0.15, -0.1) is 0 Å². The molecule has 0 unspecified atom stereocenters.